The van der Waals surface area contributed by atoms with E-state index in [4.69, 9.17) is 4.74 Å². The summed E-state index contributed by atoms with van der Waals surface area (Å²) in [6.07, 6.45) is 4.57. The second-order valence-corrected chi connectivity index (χ2v) is 7.88. The number of piperidine rings is 1. The third-order valence-electron chi connectivity index (χ3n) is 5.75. The van der Waals surface area contributed by atoms with Gasteiger partial charge in [-0.05, 0) is 57.7 Å². The minimum atomic E-state index is -0.675. The molecule has 1 aromatic rings. The molecule has 0 unspecified atom stereocenters. The number of rotatable bonds is 6. The number of nitrogens with zero attached hydrogens (tertiary/aromatic N) is 2. The predicted octanol–water partition coefficient (Wildman–Crippen LogP) is 3.03. The second kappa shape index (κ2) is 8.76. The lowest BCUT2D eigenvalue weighted by Gasteiger charge is -2.38. The van der Waals surface area contributed by atoms with E-state index >= 15 is 0 Å². The molecule has 2 heterocycles. The monoisotopic (exact) mass is 400 g/mol. The average Bonchev–Trinajstić information content (AvgIpc) is 2.94. The van der Waals surface area contributed by atoms with Gasteiger partial charge in [0.2, 0.25) is 0 Å². The Balaban J connectivity index is 1.66. The number of imide groups is 1. The lowest BCUT2D eigenvalue weighted by molar-refractivity contribution is -0.140. The van der Waals surface area contributed by atoms with E-state index < -0.39 is 5.97 Å². The van der Waals surface area contributed by atoms with Crippen LogP contribution in [0, 0.1) is 0 Å². The Morgan fingerprint density at radius 1 is 1.07 bits per heavy atom. The van der Waals surface area contributed by atoms with Crippen LogP contribution in [0.1, 0.15) is 83.9 Å². The quantitative estimate of drug-likeness (QED) is 0.541. The van der Waals surface area contributed by atoms with Gasteiger partial charge in [0.1, 0.15) is 0 Å². The molecule has 7 nitrogen and oxygen atoms in total. The van der Waals surface area contributed by atoms with Crippen LogP contribution in [0.25, 0.3) is 0 Å². The van der Waals surface area contributed by atoms with Crippen LogP contribution in [0.3, 0.4) is 0 Å². The number of carbonyl (C=O) groups is 4. The Bertz CT molecular complexity index is 824. The number of amides is 3. The van der Waals surface area contributed by atoms with Crippen molar-refractivity contribution in [3.8, 4) is 0 Å². The van der Waals surface area contributed by atoms with Crippen molar-refractivity contribution < 1.29 is 23.9 Å². The second-order valence-electron chi connectivity index (χ2n) is 7.88. The van der Waals surface area contributed by atoms with Crippen molar-refractivity contribution in [1.29, 1.82) is 0 Å². The van der Waals surface area contributed by atoms with Crippen molar-refractivity contribution >= 4 is 23.7 Å². The zero-order valence-electron chi connectivity index (χ0n) is 17.3. The molecule has 0 bridgehead atoms. The molecule has 1 fully saturated rings. The normalized spacial score (nSPS) is 21.3. The van der Waals surface area contributed by atoms with Crippen molar-refractivity contribution in [2.24, 2.45) is 0 Å². The van der Waals surface area contributed by atoms with Crippen molar-refractivity contribution in [3.63, 3.8) is 0 Å². The standard InChI is InChI=1S/C22H28N2O5/c1-4-5-11-23-20(26)17-10-9-16(12-18(17)21(23)27)22(28)29-13-19(25)24-14(2)7-6-8-15(24)3/h9-10,12,14-15H,4-8,11,13H2,1-3H3/t14-,15+. The largest absolute Gasteiger partial charge is 0.452 e. The van der Waals surface area contributed by atoms with Gasteiger partial charge in [-0.25, -0.2) is 4.79 Å². The number of carbonyl (C=O) groups excluding carboxylic acids is 4. The van der Waals surface area contributed by atoms with E-state index in [-0.39, 0.29) is 47.5 Å². The van der Waals surface area contributed by atoms with Crippen molar-refractivity contribution in [2.75, 3.05) is 13.2 Å². The fourth-order valence-corrected chi connectivity index (χ4v) is 4.14. The van der Waals surface area contributed by atoms with Gasteiger partial charge in [-0.1, -0.05) is 13.3 Å². The molecule has 1 aromatic carbocycles. The zero-order valence-corrected chi connectivity index (χ0v) is 17.3. The molecule has 2 aliphatic heterocycles. The third kappa shape index (κ3) is 4.18. The summed E-state index contributed by atoms with van der Waals surface area (Å²) in [5.74, 6) is -1.61. The number of ether oxygens (including phenoxy) is 1. The lowest BCUT2D eigenvalue weighted by Crippen LogP contribution is -2.49. The molecule has 7 heteroatoms. The fourth-order valence-electron chi connectivity index (χ4n) is 4.14. The van der Waals surface area contributed by atoms with Crippen molar-refractivity contribution in [3.05, 3.63) is 34.9 Å². The highest BCUT2D eigenvalue weighted by atomic mass is 16.5. The number of fused-ring (bicyclic) bond motifs is 1. The minimum absolute atomic E-state index is 0.127. The molecular weight excluding hydrogens is 372 g/mol. The van der Waals surface area contributed by atoms with Gasteiger partial charge in [-0.2, -0.15) is 0 Å². The van der Waals surface area contributed by atoms with E-state index in [1.165, 1.54) is 23.1 Å². The molecule has 0 N–H and O–H groups in total. The fraction of sp³-hybridized carbons (Fsp3) is 0.545. The highest BCUT2D eigenvalue weighted by molar-refractivity contribution is 6.21. The Morgan fingerprint density at radius 3 is 2.38 bits per heavy atom. The number of likely N-dealkylation sites (tertiary alicyclic amines) is 1. The molecule has 2 atom stereocenters. The molecule has 0 aromatic heterocycles. The summed E-state index contributed by atoms with van der Waals surface area (Å²) in [6.45, 7) is 6.02. The van der Waals surface area contributed by atoms with E-state index in [2.05, 4.69) is 0 Å². The molecule has 0 radical (unpaired) electrons. The molecular formula is C22H28N2O5. The summed E-state index contributed by atoms with van der Waals surface area (Å²) in [5, 5.41) is 0. The molecule has 0 aliphatic carbocycles. The maximum Gasteiger partial charge on any atom is 0.338 e. The van der Waals surface area contributed by atoms with Crippen molar-refractivity contribution in [1.82, 2.24) is 9.80 Å². The third-order valence-corrected chi connectivity index (χ3v) is 5.75. The summed E-state index contributed by atoms with van der Waals surface area (Å²) >= 11 is 0. The molecule has 0 spiro atoms. The van der Waals surface area contributed by atoms with Gasteiger partial charge >= 0.3 is 5.97 Å². The SMILES string of the molecule is CCCCN1C(=O)c2ccc(C(=O)OCC(=O)N3[C@H](C)CCC[C@@H]3C)cc2C1=O. The van der Waals surface area contributed by atoms with Crippen LogP contribution >= 0.6 is 0 Å². The van der Waals surface area contributed by atoms with Crippen LogP contribution < -0.4 is 0 Å². The topological polar surface area (TPSA) is 84.0 Å². The number of unbranched alkanes of at least 4 members (excludes halogenated alkanes) is 1. The van der Waals surface area contributed by atoms with E-state index in [9.17, 15) is 19.2 Å². The molecule has 1 saturated heterocycles. The van der Waals surface area contributed by atoms with Crippen LogP contribution in [-0.4, -0.2) is 58.7 Å². The zero-order chi connectivity index (χ0) is 21.1. The Kier molecular flexibility index (Phi) is 6.35. The van der Waals surface area contributed by atoms with Gasteiger partial charge in [0.15, 0.2) is 6.61 Å². The van der Waals surface area contributed by atoms with Gasteiger partial charge in [0.25, 0.3) is 17.7 Å². The van der Waals surface area contributed by atoms with Crippen LogP contribution in [0.15, 0.2) is 18.2 Å². The van der Waals surface area contributed by atoms with Crippen LogP contribution in [0.4, 0.5) is 0 Å². The number of hydrogen-bond donors (Lipinski definition) is 0. The molecule has 3 rings (SSSR count). The van der Waals surface area contributed by atoms with Crippen molar-refractivity contribution in [2.45, 2.75) is 65.0 Å². The summed E-state index contributed by atoms with van der Waals surface area (Å²) in [7, 11) is 0. The van der Waals surface area contributed by atoms with Crippen LogP contribution in [-0.2, 0) is 9.53 Å². The number of benzene rings is 1. The molecule has 2 aliphatic rings. The Labute approximate surface area is 171 Å². The Hall–Kier alpha value is -2.70. The van der Waals surface area contributed by atoms with Gasteiger partial charge < -0.3 is 9.64 Å². The van der Waals surface area contributed by atoms with Gasteiger partial charge in [0, 0.05) is 18.6 Å². The van der Waals surface area contributed by atoms with Crippen LogP contribution in [0.5, 0.6) is 0 Å². The van der Waals surface area contributed by atoms with Gasteiger partial charge in [-0.3, -0.25) is 19.3 Å². The summed E-state index contributed by atoms with van der Waals surface area (Å²) in [4.78, 5) is 52.9. The molecule has 3 amide bonds. The Morgan fingerprint density at radius 2 is 1.72 bits per heavy atom. The maximum absolute atomic E-state index is 12.5. The first-order chi connectivity index (χ1) is 13.8. The molecule has 156 valence electrons. The first-order valence-corrected chi connectivity index (χ1v) is 10.3. The number of esters is 1. The molecule has 0 saturated carbocycles. The van der Waals surface area contributed by atoms with Crippen LogP contribution in [0.2, 0.25) is 0 Å². The van der Waals surface area contributed by atoms with E-state index in [1.54, 1.807) is 4.90 Å². The first kappa shape index (κ1) is 21.0. The predicted molar refractivity (Wildman–Crippen MR) is 107 cm³/mol. The lowest BCUT2D eigenvalue weighted by atomic mass is 9.97. The minimum Gasteiger partial charge on any atom is -0.452 e. The number of hydrogen-bond acceptors (Lipinski definition) is 5. The highest BCUT2D eigenvalue weighted by Gasteiger charge is 2.36. The molecule has 29 heavy (non-hydrogen) atoms. The first-order valence-electron chi connectivity index (χ1n) is 10.3. The summed E-state index contributed by atoms with van der Waals surface area (Å²) in [5.41, 5.74) is 0.676. The van der Waals surface area contributed by atoms with E-state index in [1.807, 2.05) is 20.8 Å². The van der Waals surface area contributed by atoms with E-state index in [0.717, 1.165) is 32.1 Å². The highest BCUT2D eigenvalue weighted by Crippen LogP contribution is 2.25. The summed E-state index contributed by atoms with van der Waals surface area (Å²) in [6, 6.07) is 4.59. The average molecular weight is 400 g/mol. The maximum atomic E-state index is 12.5. The smallest absolute Gasteiger partial charge is 0.338 e. The van der Waals surface area contributed by atoms with E-state index in [0.29, 0.717) is 12.1 Å². The summed E-state index contributed by atoms with van der Waals surface area (Å²) < 4.78 is 5.21. The van der Waals surface area contributed by atoms with Gasteiger partial charge in [0.05, 0.1) is 16.7 Å². The van der Waals surface area contributed by atoms with Gasteiger partial charge in [-0.15, -0.1) is 0 Å².